The monoisotopic (exact) mass is 361 g/mol. The van der Waals surface area contributed by atoms with E-state index in [1.54, 1.807) is 0 Å². The molecular weight excluding hydrogens is 338 g/mol. The van der Waals surface area contributed by atoms with Crippen molar-refractivity contribution in [3.8, 4) is 0 Å². The van der Waals surface area contributed by atoms with Gasteiger partial charge in [0.05, 0.1) is 22.6 Å². The van der Waals surface area contributed by atoms with E-state index in [1.807, 2.05) is 6.92 Å². The fourth-order valence-corrected chi connectivity index (χ4v) is 3.53. The van der Waals surface area contributed by atoms with E-state index in [9.17, 15) is 13.2 Å². The number of rotatable bonds is 9. The number of ether oxygens (including phenoxy) is 1. The van der Waals surface area contributed by atoms with E-state index in [2.05, 4.69) is 16.4 Å². The SMILES string of the molecule is CCCC[C@H](CC)CNS(=O)(=O)c1ccc(Cl)c(C(=O)OC)c1. The van der Waals surface area contributed by atoms with Gasteiger partial charge in [-0.3, -0.25) is 0 Å². The summed E-state index contributed by atoms with van der Waals surface area (Å²) in [6, 6.07) is 4.00. The first-order valence-corrected chi connectivity index (χ1v) is 9.59. The Morgan fingerprint density at radius 3 is 2.61 bits per heavy atom. The Labute approximate surface area is 143 Å². The van der Waals surface area contributed by atoms with Crippen LogP contribution in [-0.4, -0.2) is 28.0 Å². The summed E-state index contributed by atoms with van der Waals surface area (Å²) in [7, 11) is -2.47. The maximum atomic E-state index is 12.4. The summed E-state index contributed by atoms with van der Waals surface area (Å²) in [6.07, 6.45) is 4.07. The van der Waals surface area contributed by atoms with Gasteiger partial charge in [-0.05, 0) is 30.5 Å². The third-order valence-corrected chi connectivity index (χ3v) is 5.51. The Kier molecular flexibility index (Phi) is 8.02. The summed E-state index contributed by atoms with van der Waals surface area (Å²) in [5, 5.41) is 0.158. The second-order valence-electron chi connectivity index (χ2n) is 5.40. The Morgan fingerprint density at radius 1 is 1.35 bits per heavy atom. The van der Waals surface area contributed by atoms with E-state index in [1.165, 1.54) is 25.3 Å². The molecule has 1 N–H and O–H groups in total. The number of hydrogen-bond donors (Lipinski definition) is 1. The van der Waals surface area contributed by atoms with Gasteiger partial charge in [-0.15, -0.1) is 0 Å². The van der Waals surface area contributed by atoms with E-state index in [0.29, 0.717) is 12.5 Å². The van der Waals surface area contributed by atoms with Crippen LogP contribution >= 0.6 is 11.6 Å². The minimum absolute atomic E-state index is 0.00708. The molecule has 0 amide bonds. The predicted molar refractivity (Wildman–Crippen MR) is 91.3 cm³/mol. The number of unbranched alkanes of at least 4 members (excludes halogenated alkanes) is 1. The van der Waals surface area contributed by atoms with E-state index in [-0.39, 0.29) is 15.5 Å². The standard InChI is InChI=1S/C16H24ClNO4S/c1-4-6-7-12(5-2)11-18-23(20,21)13-8-9-15(17)14(10-13)16(19)22-3/h8-10,12,18H,4-7,11H2,1-3H3/t12-/m0/s1. The minimum atomic E-state index is -3.69. The van der Waals surface area contributed by atoms with Gasteiger partial charge >= 0.3 is 5.97 Å². The van der Waals surface area contributed by atoms with Crippen LogP contribution in [0.1, 0.15) is 49.9 Å². The smallest absolute Gasteiger partial charge is 0.339 e. The second-order valence-corrected chi connectivity index (χ2v) is 7.58. The number of carbonyl (C=O) groups excluding carboxylic acids is 1. The van der Waals surface area contributed by atoms with E-state index < -0.39 is 16.0 Å². The normalized spacial score (nSPS) is 12.9. The average Bonchev–Trinajstić information content (AvgIpc) is 2.54. The van der Waals surface area contributed by atoms with Crippen molar-refractivity contribution in [2.75, 3.05) is 13.7 Å². The van der Waals surface area contributed by atoms with Gasteiger partial charge in [0.15, 0.2) is 0 Å². The van der Waals surface area contributed by atoms with Crippen molar-refractivity contribution in [2.24, 2.45) is 5.92 Å². The molecule has 0 bridgehead atoms. The van der Waals surface area contributed by atoms with Gasteiger partial charge in [-0.2, -0.15) is 0 Å². The van der Waals surface area contributed by atoms with Gasteiger partial charge in [0.1, 0.15) is 0 Å². The predicted octanol–water partition coefficient (Wildman–Crippen LogP) is 3.62. The highest BCUT2D eigenvalue weighted by atomic mass is 35.5. The number of hydrogen-bond acceptors (Lipinski definition) is 4. The van der Waals surface area contributed by atoms with Gasteiger partial charge in [0.2, 0.25) is 10.0 Å². The van der Waals surface area contributed by atoms with Crippen LogP contribution in [0.5, 0.6) is 0 Å². The number of carbonyl (C=O) groups is 1. The van der Waals surface area contributed by atoms with Crippen LogP contribution in [0.3, 0.4) is 0 Å². The number of nitrogens with one attached hydrogen (secondary N) is 1. The number of benzene rings is 1. The highest BCUT2D eigenvalue weighted by Gasteiger charge is 2.20. The molecule has 0 saturated carbocycles. The van der Waals surface area contributed by atoms with Gasteiger partial charge in [-0.1, -0.05) is 44.7 Å². The molecular formula is C16H24ClNO4S. The van der Waals surface area contributed by atoms with Crippen LogP contribution in [0.25, 0.3) is 0 Å². The van der Waals surface area contributed by atoms with E-state index >= 15 is 0 Å². The molecule has 0 aromatic heterocycles. The first-order valence-electron chi connectivity index (χ1n) is 7.73. The highest BCUT2D eigenvalue weighted by molar-refractivity contribution is 7.89. The quantitative estimate of drug-likeness (QED) is 0.682. The Balaban J connectivity index is 2.89. The van der Waals surface area contributed by atoms with Crippen molar-refractivity contribution < 1.29 is 17.9 Å². The largest absolute Gasteiger partial charge is 0.465 e. The van der Waals surface area contributed by atoms with Crippen molar-refractivity contribution in [3.05, 3.63) is 28.8 Å². The molecule has 0 aliphatic rings. The topological polar surface area (TPSA) is 72.5 Å². The van der Waals surface area contributed by atoms with Crippen LogP contribution in [0.15, 0.2) is 23.1 Å². The van der Waals surface area contributed by atoms with E-state index in [4.69, 9.17) is 11.6 Å². The lowest BCUT2D eigenvalue weighted by Gasteiger charge is -2.16. The van der Waals surface area contributed by atoms with Crippen molar-refractivity contribution in [2.45, 2.75) is 44.4 Å². The maximum absolute atomic E-state index is 12.4. The number of esters is 1. The van der Waals surface area contributed by atoms with Gasteiger partial charge in [-0.25, -0.2) is 17.9 Å². The Bertz CT molecular complexity index is 631. The van der Waals surface area contributed by atoms with E-state index in [0.717, 1.165) is 25.7 Å². The van der Waals surface area contributed by atoms with Gasteiger partial charge in [0, 0.05) is 6.54 Å². The fraction of sp³-hybridized carbons (Fsp3) is 0.562. The third-order valence-electron chi connectivity index (χ3n) is 3.76. The van der Waals surface area contributed by atoms with Crippen LogP contribution in [0.4, 0.5) is 0 Å². The lowest BCUT2D eigenvalue weighted by atomic mass is 10.00. The molecule has 23 heavy (non-hydrogen) atoms. The number of methoxy groups -OCH3 is 1. The summed E-state index contributed by atoms with van der Waals surface area (Å²) >= 11 is 5.91. The molecule has 0 aliphatic heterocycles. The molecule has 0 unspecified atom stereocenters. The minimum Gasteiger partial charge on any atom is -0.465 e. The van der Waals surface area contributed by atoms with Crippen LogP contribution in [-0.2, 0) is 14.8 Å². The first kappa shape index (κ1) is 19.9. The molecule has 0 aliphatic carbocycles. The third kappa shape index (κ3) is 5.79. The summed E-state index contributed by atoms with van der Waals surface area (Å²) in [4.78, 5) is 11.6. The lowest BCUT2D eigenvalue weighted by molar-refractivity contribution is 0.0600. The lowest BCUT2D eigenvalue weighted by Crippen LogP contribution is -2.29. The van der Waals surface area contributed by atoms with Crippen molar-refractivity contribution in [3.63, 3.8) is 0 Å². The second kappa shape index (κ2) is 9.25. The van der Waals surface area contributed by atoms with Crippen LogP contribution < -0.4 is 4.72 Å². The molecule has 0 fully saturated rings. The first-order chi connectivity index (χ1) is 10.9. The summed E-state index contributed by atoms with van der Waals surface area (Å²) < 4.78 is 32.0. The number of sulfonamides is 1. The number of halogens is 1. The van der Waals surface area contributed by atoms with Crippen LogP contribution in [0.2, 0.25) is 5.02 Å². The summed E-state index contributed by atoms with van der Waals surface area (Å²) in [5.74, 6) is -0.362. The zero-order valence-corrected chi connectivity index (χ0v) is 15.3. The summed E-state index contributed by atoms with van der Waals surface area (Å²) in [5.41, 5.74) is 0.0371. The molecule has 1 atom stereocenters. The fourth-order valence-electron chi connectivity index (χ4n) is 2.19. The van der Waals surface area contributed by atoms with Gasteiger partial charge in [0.25, 0.3) is 0 Å². The molecule has 0 heterocycles. The Hall–Kier alpha value is -1.11. The molecule has 0 radical (unpaired) electrons. The summed E-state index contributed by atoms with van der Waals surface area (Å²) in [6.45, 7) is 4.54. The Morgan fingerprint density at radius 2 is 2.04 bits per heavy atom. The molecule has 130 valence electrons. The van der Waals surface area contributed by atoms with Crippen molar-refractivity contribution >= 4 is 27.6 Å². The maximum Gasteiger partial charge on any atom is 0.339 e. The molecule has 1 rings (SSSR count). The molecule has 0 spiro atoms. The molecule has 5 nitrogen and oxygen atoms in total. The molecule has 0 saturated heterocycles. The van der Waals surface area contributed by atoms with Crippen molar-refractivity contribution in [1.29, 1.82) is 0 Å². The van der Waals surface area contributed by atoms with Crippen molar-refractivity contribution in [1.82, 2.24) is 4.72 Å². The van der Waals surface area contributed by atoms with Gasteiger partial charge < -0.3 is 4.74 Å². The zero-order chi connectivity index (χ0) is 17.5. The molecule has 1 aromatic rings. The zero-order valence-electron chi connectivity index (χ0n) is 13.8. The average molecular weight is 362 g/mol. The van der Waals surface area contributed by atoms with Crippen LogP contribution in [0, 0.1) is 5.92 Å². The molecule has 1 aromatic carbocycles. The molecule has 7 heteroatoms. The highest BCUT2D eigenvalue weighted by Crippen LogP contribution is 2.21.